The highest BCUT2D eigenvalue weighted by molar-refractivity contribution is 5.48. The van der Waals surface area contributed by atoms with Gasteiger partial charge in [0.05, 0.1) is 6.10 Å². The van der Waals surface area contributed by atoms with Crippen LogP contribution in [0.15, 0.2) is 24.3 Å². The number of aliphatic hydroxyl groups is 1. The lowest BCUT2D eigenvalue weighted by Gasteiger charge is -2.35. The first-order valence-electron chi connectivity index (χ1n) is 7.62. The number of rotatable bonds is 4. The maximum absolute atomic E-state index is 9.82. The monoisotopic (exact) mass is 261 g/mol. The molecule has 2 heteroatoms. The molecular weight excluding hydrogens is 234 g/mol. The maximum Gasteiger partial charge on any atom is 0.0787 e. The summed E-state index contributed by atoms with van der Waals surface area (Å²) < 4.78 is 0. The number of hydrogen-bond donors (Lipinski definition) is 1. The third-order valence-electron chi connectivity index (χ3n) is 4.60. The summed E-state index contributed by atoms with van der Waals surface area (Å²) in [5, 5.41) is 9.82. The van der Waals surface area contributed by atoms with Gasteiger partial charge in [-0.1, -0.05) is 26.0 Å². The second-order valence-electron chi connectivity index (χ2n) is 6.04. The zero-order valence-corrected chi connectivity index (χ0v) is 12.5. The van der Waals surface area contributed by atoms with Gasteiger partial charge in [0.25, 0.3) is 0 Å². The third-order valence-corrected chi connectivity index (χ3v) is 4.60. The van der Waals surface area contributed by atoms with Crippen LogP contribution in [-0.4, -0.2) is 18.2 Å². The molecule has 1 atom stereocenters. The van der Waals surface area contributed by atoms with E-state index in [-0.39, 0.29) is 6.10 Å². The predicted molar refractivity (Wildman–Crippen MR) is 81.5 cm³/mol. The Bertz CT molecular complexity index is 379. The van der Waals surface area contributed by atoms with E-state index in [1.165, 1.54) is 31.4 Å². The van der Waals surface area contributed by atoms with Crippen LogP contribution in [0.5, 0.6) is 0 Å². The fourth-order valence-corrected chi connectivity index (χ4v) is 3.01. The summed E-state index contributed by atoms with van der Waals surface area (Å²) in [4.78, 5) is 2.41. The minimum Gasteiger partial charge on any atom is -0.388 e. The summed E-state index contributed by atoms with van der Waals surface area (Å²) in [5.41, 5.74) is 2.29. The number of hydrogen-bond acceptors (Lipinski definition) is 2. The topological polar surface area (TPSA) is 23.5 Å². The first kappa shape index (κ1) is 14.4. The Hall–Kier alpha value is -1.02. The largest absolute Gasteiger partial charge is 0.388 e. The van der Waals surface area contributed by atoms with Crippen molar-refractivity contribution < 1.29 is 5.11 Å². The third kappa shape index (κ3) is 3.50. The van der Waals surface area contributed by atoms with Gasteiger partial charge in [0, 0.05) is 18.8 Å². The van der Waals surface area contributed by atoms with Crippen molar-refractivity contribution in [1.82, 2.24) is 0 Å². The summed E-state index contributed by atoms with van der Waals surface area (Å²) in [6.45, 7) is 4.37. The van der Waals surface area contributed by atoms with E-state index < -0.39 is 0 Å². The molecule has 1 unspecified atom stereocenters. The van der Waals surface area contributed by atoms with Crippen LogP contribution in [0.4, 0.5) is 5.69 Å². The quantitative estimate of drug-likeness (QED) is 0.880. The molecule has 0 radical (unpaired) electrons. The molecule has 0 saturated heterocycles. The van der Waals surface area contributed by atoms with Crippen LogP contribution in [0.25, 0.3) is 0 Å². The van der Waals surface area contributed by atoms with E-state index in [4.69, 9.17) is 0 Å². The average Bonchev–Trinajstić information content (AvgIpc) is 2.46. The number of anilines is 1. The van der Waals surface area contributed by atoms with Gasteiger partial charge in [0.2, 0.25) is 0 Å². The van der Waals surface area contributed by atoms with Crippen LogP contribution < -0.4 is 4.90 Å². The molecule has 0 spiro atoms. The van der Waals surface area contributed by atoms with Crippen molar-refractivity contribution in [2.24, 2.45) is 5.92 Å². The van der Waals surface area contributed by atoms with Crippen LogP contribution in [0.2, 0.25) is 0 Å². The molecule has 1 N–H and O–H groups in total. The number of aliphatic hydroxyl groups excluding tert-OH is 1. The minimum absolute atomic E-state index is 0.324. The summed E-state index contributed by atoms with van der Waals surface area (Å²) in [6, 6.07) is 9.09. The van der Waals surface area contributed by atoms with Crippen LogP contribution in [0.3, 0.4) is 0 Å². The van der Waals surface area contributed by atoms with Crippen LogP contribution in [0.1, 0.15) is 57.6 Å². The Kier molecular flexibility index (Phi) is 4.87. The maximum atomic E-state index is 9.82. The molecule has 2 rings (SSSR count). The molecule has 0 heterocycles. The van der Waals surface area contributed by atoms with Crippen LogP contribution >= 0.6 is 0 Å². The molecule has 106 valence electrons. The van der Waals surface area contributed by atoms with Gasteiger partial charge >= 0.3 is 0 Å². The van der Waals surface area contributed by atoms with Gasteiger partial charge in [-0.15, -0.1) is 0 Å². The van der Waals surface area contributed by atoms with Crippen molar-refractivity contribution in [3.8, 4) is 0 Å². The van der Waals surface area contributed by atoms with E-state index in [1.54, 1.807) is 0 Å². The van der Waals surface area contributed by atoms with Gasteiger partial charge < -0.3 is 10.0 Å². The van der Waals surface area contributed by atoms with E-state index in [9.17, 15) is 5.11 Å². The normalized spacial score (nSPS) is 25.1. The second-order valence-corrected chi connectivity index (χ2v) is 6.04. The molecule has 2 nitrogen and oxygen atoms in total. The molecule has 0 bridgehead atoms. The molecule has 1 aromatic carbocycles. The lowest BCUT2D eigenvalue weighted by Crippen LogP contribution is -2.34. The Labute approximate surface area is 117 Å². The van der Waals surface area contributed by atoms with Gasteiger partial charge in [-0.3, -0.25) is 0 Å². The van der Waals surface area contributed by atoms with Crippen molar-refractivity contribution in [2.45, 2.75) is 58.1 Å². The van der Waals surface area contributed by atoms with E-state index in [1.807, 2.05) is 6.92 Å². The van der Waals surface area contributed by atoms with Gasteiger partial charge in [-0.25, -0.2) is 0 Å². The van der Waals surface area contributed by atoms with Crippen LogP contribution in [-0.2, 0) is 0 Å². The van der Waals surface area contributed by atoms with Crippen molar-refractivity contribution in [2.75, 3.05) is 11.9 Å². The minimum atomic E-state index is -0.324. The lowest BCUT2D eigenvalue weighted by molar-refractivity contribution is 0.173. The molecule has 0 aliphatic heterocycles. The number of benzene rings is 1. The first-order chi connectivity index (χ1) is 9.11. The average molecular weight is 261 g/mol. The smallest absolute Gasteiger partial charge is 0.0787 e. The van der Waals surface area contributed by atoms with Crippen molar-refractivity contribution in [1.29, 1.82) is 0 Å². The van der Waals surface area contributed by atoms with Crippen LogP contribution in [0, 0.1) is 5.92 Å². The molecule has 0 amide bonds. The first-order valence-corrected chi connectivity index (χ1v) is 7.62. The zero-order chi connectivity index (χ0) is 13.8. The molecule has 1 aliphatic carbocycles. The molecule has 1 aliphatic rings. The van der Waals surface area contributed by atoms with E-state index in [2.05, 4.69) is 43.1 Å². The van der Waals surface area contributed by atoms with Crippen molar-refractivity contribution in [3.05, 3.63) is 29.8 Å². The molecular formula is C17H27NO. The van der Waals surface area contributed by atoms with E-state index in [0.29, 0.717) is 6.04 Å². The van der Waals surface area contributed by atoms with Crippen molar-refractivity contribution >= 4 is 5.69 Å². The lowest BCUT2D eigenvalue weighted by atomic mass is 9.86. The number of nitrogens with zero attached hydrogens (tertiary/aromatic N) is 1. The molecule has 0 aromatic heterocycles. The SMILES string of the molecule is CCC(O)c1ccc(N(C)C2CCC(C)CC2)cc1. The molecule has 1 saturated carbocycles. The predicted octanol–water partition coefficient (Wildman–Crippen LogP) is 4.14. The van der Waals surface area contributed by atoms with Gasteiger partial charge in [0.1, 0.15) is 0 Å². The van der Waals surface area contributed by atoms with Gasteiger partial charge in [0.15, 0.2) is 0 Å². The fraction of sp³-hybridized carbons (Fsp3) is 0.647. The Morgan fingerprint density at radius 3 is 2.26 bits per heavy atom. The second kappa shape index (κ2) is 6.42. The standard InChI is InChI=1S/C17H27NO/c1-4-17(19)14-7-11-16(12-8-14)18(3)15-9-5-13(2)6-10-15/h7-8,11-13,15,17,19H,4-6,9-10H2,1-3H3. The molecule has 1 aromatic rings. The molecule has 19 heavy (non-hydrogen) atoms. The Morgan fingerprint density at radius 1 is 1.16 bits per heavy atom. The zero-order valence-electron chi connectivity index (χ0n) is 12.5. The Balaban J connectivity index is 2.01. The Morgan fingerprint density at radius 2 is 1.74 bits per heavy atom. The highest BCUT2D eigenvalue weighted by Crippen LogP contribution is 2.30. The summed E-state index contributed by atoms with van der Waals surface area (Å²) in [7, 11) is 2.20. The molecule has 1 fully saturated rings. The van der Waals surface area contributed by atoms with Gasteiger partial charge in [-0.05, 0) is 55.7 Å². The fourth-order valence-electron chi connectivity index (χ4n) is 3.01. The highest BCUT2D eigenvalue weighted by Gasteiger charge is 2.21. The van der Waals surface area contributed by atoms with Gasteiger partial charge in [-0.2, -0.15) is 0 Å². The summed E-state index contributed by atoms with van der Waals surface area (Å²) in [5.74, 6) is 0.895. The highest BCUT2D eigenvalue weighted by atomic mass is 16.3. The van der Waals surface area contributed by atoms with E-state index in [0.717, 1.165) is 17.9 Å². The van der Waals surface area contributed by atoms with E-state index >= 15 is 0 Å². The summed E-state index contributed by atoms with van der Waals surface area (Å²) in [6.07, 6.45) is 5.75. The van der Waals surface area contributed by atoms with Crippen molar-refractivity contribution in [3.63, 3.8) is 0 Å². The summed E-state index contributed by atoms with van der Waals surface area (Å²) >= 11 is 0.